The maximum absolute atomic E-state index is 4.29. The van der Waals surface area contributed by atoms with Crippen molar-refractivity contribution in [3.8, 4) is 0 Å². The predicted molar refractivity (Wildman–Crippen MR) is 170 cm³/mol. The smallest absolute Gasteiger partial charge is 0.0638 e. The third-order valence-electron chi connectivity index (χ3n) is 13.8. The molecule has 8 nitrogen and oxygen atoms in total. The molecule has 4 aliphatic carbocycles. The summed E-state index contributed by atoms with van der Waals surface area (Å²) in [6.07, 6.45) is 24.0. The van der Waals surface area contributed by atoms with Crippen LogP contribution in [0.2, 0.25) is 0 Å². The topological polar surface area (TPSA) is 96.2 Å². The normalized spacial score (nSPS) is 56.9. The quantitative estimate of drug-likeness (QED) is 0.108. The van der Waals surface area contributed by atoms with Gasteiger partial charge in [0.05, 0.1) is 49.3 Å². The predicted octanol–water partition coefficient (Wildman–Crippen LogP) is 3.02. The molecule has 17 atom stereocenters. The molecular weight excluding hydrogens is 731 g/mol. The van der Waals surface area contributed by atoms with Gasteiger partial charge in [-0.05, 0) is 92.8 Å². The minimum absolute atomic E-state index is 0. The second kappa shape index (κ2) is 12.6. The third-order valence-corrected chi connectivity index (χ3v) is 15.3. The molecule has 0 spiro atoms. The number of alkyl halides is 1. The van der Waals surface area contributed by atoms with Crippen LogP contribution in [0.5, 0.6) is 0 Å². The minimum Gasteiger partial charge on any atom is -0.286 e. The number of hydrogen-bond acceptors (Lipinski definition) is 8. The number of fused-ring (bicyclic) bond motifs is 20. The summed E-state index contributed by atoms with van der Waals surface area (Å²) in [5.74, 6) is 5.85. The fourth-order valence-electron chi connectivity index (χ4n) is 12.0. The van der Waals surface area contributed by atoms with Gasteiger partial charge in [0.15, 0.2) is 0 Å². The van der Waals surface area contributed by atoms with Crippen molar-refractivity contribution < 1.29 is 22.4 Å². The molecule has 10 heteroatoms. The van der Waals surface area contributed by atoms with E-state index in [0.29, 0.717) is 61.2 Å². The van der Waals surface area contributed by atoms with Crippen LogP contribution in [0.1, 0.15) is 96.3 Å². The molecule has 1 radical (unpaired) electrons. The first-order valence-corrected chi connectivity index (χ1v) is 19.2. The molecule has 8 N–H and O–H groups in total. The molecule has 8 bridgehead atoms. The molecule has 241 valence electrons. The van der Waals surface area contributed by atoms with Crippen LogP contribution in [0.4, 0.5) is 0 Å². The summed E-state index contributed by atoms with van der Waals surface area (Å²) in [5.41, 5.74) is 0. The minimum atomic E-state index is 0. The van der Waals surface area contributed by atoms with Crippen LogP contribution in [-0.2, 0) is 22.4 Å². The van der Waals surface area contributed by atoms with Crippen LogP contribution in [0.15, 0.2) is 0 Å². The molecule has 0 aromatic carbocycles. The summed E-state index contributed by atoms with van der Waals surface area (Å²) in [6.45, 7) is 0. The van der Waals surface area contributed by atoms with Crippen molar-refractivity contribution in [2.75, 3.05) is 0 Å². The molecule has 9 fully saturated rings. The Kier molecular flexibility index (Phi) is 9.17. The van der Waals surface area contributed by atoms with Crippen molar-refractivity contribution in [1.82, 2.24) is 42.5 Å². The van der Waals surface area contributed by atoms with E-state index in [0.717, 1.165) is 39.4 Å². The van der Waals surface area contributed by atoms with Gasteiger partial charge in [0.1, 0.15) is 0 Å². The van der Waals surface area contributed by atoms with Gasteiger partial charge in [0, 0.05) is 32.2 Å². The Labute approximate surface area is 282 Å². The molecule has 5 heterocycles. The van der Waals surface area contributed by atoms with Gasteiger partial charge in [-0.3, -0.25) is 42.5 Å². The van der Waals surface area contributed by atoms with Gasteiger partial charge < -0.3 is 0 Å². The fourth-order valence-corrected chi connectivity index (χ4v) is 13.4. The van der Waals surface area contributed by atoms with Crippen LogP contribution in [0.25, 0.3) is 0 Å². The van der Waals surface area contributed by atoms with E-state index in [4.69, 9.17) is 0 Å². The zero-order valence-corrected chi connectivity index (χ0v) is 28.7. The molecule has 0 aromatic heterocycles. The van der Waals surface area contributed by atoms with Crippen LogP contribution in [-0.4, -0.2) is 53.3 Å². The Balaban J connectivity index is 0.00000267. The largest absolute Gasteiger partial charge is 0.286 e. The van der Waals surface area contributed by atoms with Gasteiger partial charge in [-0.15, -0.1) is 0 Å². The zero-order valence-electron chi connectivity index (χ0n) is 25.1. The van der Waals surface area contributed by atoms with Gasteiger partial charge >= 0.3 is 0 Å². The first-order valence-electron chi connectivity index (χ1n) is 17.9. The van der Waals surface area contributed by atoms with Crippen LogP contribution >= 0.6 is 22.6 Å². The van der Waals surface area contributed by atoms with Crippen LogP contribution in [0.3, 0.4) is 0 Å². The molecule has 9 aliphatic rings. The van der Waals surface area contributed by atoms with Gasteiger partial charge in [-0.25, -0.2) is 0 Å². The molecule has 0 amide bonds. The Bertz CT molecular complexity index is 959. The van der Waals surface area contributed by atoms with E-state index in [1.807, 2.05) is 0 Å². The Morgan fingerprint density at radius 1 is 0.310 bits per heavy atom. The number of rotatable bonds is 0. The molecule has 5 aliphatic heterocycles. The average Bonchev–Trinajstić information content (AvgIpc) is 3.73. The van der Waals surface area contributed by atoms with E-state index < -0.39 is 0 Å². The van der Waals surface area contributed by atoms with E-state index in [-0.39, 0.29) is 22.4 Å². The summed E-state index contributed by atoms with van der Waals surface area (Å²) in [4.78, 5) is 0. The van der Waals surface area contributed by atoms with Crippen molar-refractivity contribution in [3.63, 3.8) is 0 Å². The second-order valence-corrected chi connectivity index (χ2v) is 17.3. The SMILES string of the molecule is IC1CCCC2C3NC4NC(NC5NC(NC6NC(NC(N3)C12)C1CCCCC61)C1CCCCC51)C1CCCCC41.[Ag]. The van der Waals surface area contributed by atoms with Crippen molar-refractivity contribution in [3.05, 3.63) is 0 Å². The van der Waals surface area contributed by atoms with Crippen molar-refractivity contribution in [1.29, 1.82) is 0 Å². The molecule has 4 saturated carbocycles. The number of halogens is 1. The van der Waals surface area contributed by atoms with Crippen molar-refractivity contribution >= 4 is 22.6 Å². The third kappa shape index (κ3) is 5.27. The summed E-state index contributed by atoms with van der Waals surface area (Å²) in [7, 11) is 0. The van der Waals surface area contributed by atoms with Gasteiger partial charge in [-0.1, -0.05) is 67.5 Å². The Hall–Kier alpha value is 1.15. The Morgan fingerprint density at radius 3 is 0.905 bits per heavy atom. The monoisotopic (exact) mass is 785 g/mol. The number of hydrogen-bond donors (Lipinski definition) is 8. The van der Waals surface area contributed by atoms with E-state index >= 15 is 0 Å². The van der Waals surface area contributed by atoms with Gasteiger partial charge in [0.2, 0.25) is 0 Å². The second-order valence-electron chi connectivity index (χ2n) is 15.7. The first kappa shape index (κ1) is 30.5. The van der Waals surface area contributed by atoms with E-state index in [9.17, 15) is 0 Å². The standard InChI is InChI=1S/C32H55IN8.Ag/c33-23-15-7-14-22-24(23)32-40-30-21-13-6-5-12-20(21)28(38-30)36-26-17-9-2-1-8-16(17)25(34-26)35-27-18-10-3-4-11-19(18)29(37-27)39-31(22)41-32;/h16-32,34-41H,1-15H2;. The van der Waals surface area contributed by atoms with Crippen molar-refractivity contribution in [2.45, 2.75) is 150 Å². The first-order chi connectivity index (χ1) is 20.2. The van der Waals surface area contributed by atoms with Gasteiger partial charge in [0.25, 0.3) is 0 Å². The average molecular weight is 787 g/mol. The zero-order chi connectivity index (χ0) is 27.1. The molecule has 5 saturated heterocycles. The Morgan fingerprint density at radius 2 is 0.571 bits per heavy atom. The molecule has 9 rings (SSSR count). The maximum Gasteiger partial charge on any atom is 0.0638 e. The van der Waals surface area contributed by atoms with Crippen LogP contribution < -0.4 is 42.5 Å². The van der Waals surface area contributed by atoms with Crippen molar-refractivity contribution in [2.24, 2.45) is 47.3 Å². The molecule has 0 aromatic rings. The van der Waals surface area contributed by atoms with E-state index in [1.165, 1.54) is 96.3 Å². The summed E-state index contributed by atoms with van der Waals surface area (Å²) >= 11 is 2.81. The van der Waals surface area contributed by atoms with E-state index in [1.54, 1.807) is 0 Å². The summed E-state index contributed by atoms with van der Waals surface area (Å²) in [5, 5.41) is 33.9. The molecule has 17 unspecified atom stereocenters. The maximum atomic E-state index is 4.29. The molecular formula is C32H55AgIN8. The fraction of sp³-hybridized carbons (Fsp3) is 1.00. The van der Waals surface area contributed by atoms with Crippen LogP contribution in [0, 0.1) is 47.3 Å². The molecule has 42 heavy (non-hydrogen) atoms. The summed E-state index contributed by atoms with van der Waals surface area (Å²) in [6, 6.07) is 0. The number of nitrogens with one attached hydrogen (secondary N) is 8. The summed E-state index contributed by atoms with van der Waals surface area (Å²) < 4.78 is 0.749. The van der Waals surface area contributed by atoms with Gasteiger partial charge in [-0.2, -0.15) is 0 Å². The van der Waals surface area contributed by atoms with E-state index in [2.05, 4.69) is 65.1 Å².